The van der Waals surface area contributed by atoms with E-state index in [1.807, 2.05) is 6.92 Å². The van der Waals surface area contributed by atoms with Crippen LogP contribution in [-0.4, -0.2) is 10.1 Å². The maximum absolute atomic E-state index is 10.8. The van der Waals surface area contributed by atoms with Crippen LogP contribution in [0.25, 0.3) is 0 Å². The summed E-state index contributed by atoms with van der Waals surface area (Å²) < 4.78 is 0. The smallest absolute Gasteiger partial charge is 0.158 e. The third-order valence-corrected chi connectivity index (χ3v) is 3.94. The minimum Gasteiger partial charge on any atom is -0.373 e. The van der Waals surface area contributed by atoms with E-state index >= 15 is 0 Å². The van der Waals surface area contributed by atoms with Gasteiger partial charge in [0.1, 0.15) is 0 Å². The summed E-state index contributed by atoms with van der Waals surface area (Å²) in [5, 5.41) is 11.9. The van der Waals surface area contributed by atoms with Crippen LogP contribution in [0.2, 0.25) is 10.0 Å². The fourth-order valence-electron chi connectivity index (χ4n) is 2.12. The van der Waals surface area contributed by atoms with E-state index in [0.29, 0.717) is 15.6 Å². The first-order valence-electron chi connectivity index (χ1n) is 6.04. The first kappa shape index (κ1) is 14.9. The molecule has 2 unspecified atom stereocenters. The van der Waals surface area contributed by atoms with Crippen molar-refractivity contribution in [3.05, 3.63) is 63.9 Å². The van der Waals surface area contributed by atoms with Gasteiger partial charge in [-0.05, 0) is 23.8 Å². The lowest BCUT2D eigenvalue weighted by atomic mass is 9.79. The highest BCUT2D eigenvalue weighted by Gasteiger charge is 2.36. The first-order chi connectivity index (χ1) is 9.49. The van der Waals surface area contributed by atoms with E-state index in [1.165, 1.54) is 0 Å². The van der Waals surface area contributed by atoms with Gasteiger partial charge < -0.3 is 5.11 Å². The molecule has 20 heavy (non-hydrogen) atoms. The SMILES string of the molecule is C#CC(O)(c1cccnc1)C(C)c1ccc(Cl)cc1Cl. The van der Waals surface area contributed by atoms with Gasteiger partial charge in [-0.1, -0.05) is 48.2 Å². The van der Waals surface area contributed by atoms with Crippen molar-refractivity contribution in [2.45, 2.75) is 18.4 Å². The summed E-state index contributed by atoms with van der Waals surface area (Å²) in [5.41, 5.74) is -0.187. The normalized spacial score (nSPS) is 15.2. The Hall–Kier alpha value is -1.53. The van der Waals surface area contributed by atoms with E-state index in [9.17, 15) is 5.11 Å². The lowest BCUT2D eigenvalue weighted by molar-refractivity contribution is 0.0743. The van der Waals surface area contributed by atoms with Crippen LogP contribution in [0.5, 0.6) is 0 Å². The number of aliphatic hydroxyl groups is 1. The van der Waals surface area contributed by atoms with Crippen molar-refractivity contribution in [3.63, 3.8) is 0 Å². The van der Waals surface area contributed by atoms with Gasteiger partial charge in [-0.25, -0.2) is 0 Å². The van der Waals surface area contributed by atoms with Crippen molar-refractivity contribution in [2.24, 2.45) is 0 Å². The summed E-state index contributed by atoms with van der Waals surface area (Å²) in [6.07, 6.45) is 8.74. The van der Waals surface area contributed by atoms with Gasteiger partial charge in [0, 0.05) is 33.9 Å². The molecule has 0 aliphatic carbocycles. The van der Waals surface area contributed by atoms with Crippen molar-refractivity contribution in [1.29, 1.82) is 0 Å². The molecule has 0 bridgehead atoms. The van der Waals surface area contributed by atoms with Crippen LogP contribution in [0.4, 0.5) is 0 Å². The number of pyridine rings is 1. The molecule has 2 atom stereocenters. The second-order valence-corrected chi connectivity index (χ2v) is 5.38. The van der Waals surface area contributed by atoms with Gasteiger partial charge in [0.05, 0.1) is 0 Å². The number of benzene rings is 1. The van der Waals surface area contributed by atoms with Gasteiger partial charge >= 0.3 is 0 Å². The summed E-state index contributed by atoms with van der Waals surface area (Å²) in [6, 6.07) is 8.60. The Kier molecular flexibility index (Phi) is 4.35. The summed E-state index contributed by atoms with van der Waals surface area (Å²) in [7, 11) is 0. The van der Waals surface area contributed by atoms with Crippen LogP contribution in [0.1, 0.15) is 24.0 Å². The average Bonchev–Trinajstić information content (AvgIpc) is 2.46. The monoisotopic (exact) mass is 305 g/mol. The molecule has 2 aromatic rings. The predicted molar refractivity (Wildman–Crippen MR) is 81.8 cm³/mol. The Morgan fingerprint density at radius 3 is 2.65 bits per heavy atom. The maximum atomic E-state index is 10.8. The predicted octanol–water partition coefficient (Wildman–Crippen LogP) is 4.01. The van der Waals surface area contributed by atoms with Gasteiger partial charge in [-0.2, -0.15) is 0 Å². The molecular formula is C16H13Cl2NO. The van der Waals surface area contributed by atoms with E-state index in [4.69, 9.17) is 29.6 Å². The standard InChI is InChI=1S/C16H13Cl2NO/c1-3-16(20,12-5-4-8-19-10-12)11(2)14-7-6-13(17)9-15(14)18/h1,4-11,20H,2H3. The van der Waals surface area contributed by atoms with Gasteiger partial charge in [0.15, 0.2) is 5.60 Å². The molecule has 0 saturated heterocycles. The largest absolute Gasteiger partial charge is 0.373 e. The van der Waals surface area contributed by atoms with Gasteiger partial charge in [0.25, 0.3) is 0 Å². The van der Waals surface area contributed by atoms with Crippen molar-refractivity contribution in [1.82, 2.24) is 4.98 Å². The highest BCUT2D eigenvalue weighted by atomic mass is 35.5. The van der Waals surface area contributed by atoms with Crippen LogP contribution < -0.4 is 0 Å². The van der Waals surface area contributed by atoms with Gasteiger partial charge in [-0.15, -0.1) is 6.42 Å². The van der Waals surface area contributed by atoms with E-state index in [0.717, 1.165) is 5.56 Å². The fraction of sp³-hybridized carbons (Fsp3) is 0.188. The van der Waals surface area contributed by atoms with Crippen LogP contribution in [0, 0.1) is 12.3 Å². The number of nitrogens with zero attached hydrogens (tertiary/aromatic N) is 1. The lowest BCUT2D eigenvalue weighted by Crippen LogP contribution is -2.30. The first-order valence-corrected chi connectivity index (χ1v) is 6.80. The van der Waals surface area contributed by atoms with E-state index in [2.05, 4.69) is 10.9 Å². The van der Waals surface area contributed by atoms with Gasteiger partial charge in [0.2, 0.25) is 0 Å². The molecule has 0 aliphatic heterocycles. The maximum Gasteiger partial charge on any atom is 0.158 e. The molecule has 1 aromatic heterocycles. The van der Waals surface area contributed by atoms with Crippen molar-refractivity contribution >= 4 is 23.2 Å². The van der Waals surface area contributed by atoms with E-state index in [-0.39, 0.29) is 0 Å². The quantitative estimate of drug-likeness (QED) is 0.869. The molecule has 0 spiro atoms. The minimum atomic E-state index is -1.48. The zero-order valence-electron chi connectivity index (χ0n) is 10.8. The second-order valence-electron chi connectivity index (χ2n) is 4.54. The summed E-state index contributed by atoms with van der Waals surface area (Å²) >= 11 is 12.1. The summed E-state index contributed by atoms with van der Waals surface area (Å²) in [5.74, 6) is 2.06. The average molecular weight is 306 g/mol. The van der Waals surface area contributed by atoms with Crippen molar-refractivity contribution in [2.75, 3.05) is 0 Å². The second kappa shape index (κ2) is 5.85. The molecule has 0 aliphatic rings. The van der Waals surface area contributed by atoms with E-state index < -0.39 is 11.5 Å². The lowest BCUT2D eigenvalue weighted by Gasteiger charge is -2.30. The van der Waals surface area contributed by atoms with Crippen LogP contribution in [-0.2, 0) is 5.60 Å². The molecule has 0 amide bonds. The Bertz CT molecular complexity index is 651. The van der Waals surface area contributed by atoms with Crippen LogP contribution in [0.15, 0.2) is 42.7 Å². The third-order valence-electron chi connectivity index (χ3n) is 3.38. The molecular weight excluding hydrogens is 293 g/mol. The van der Waals surface area contributed by atoms with Crippen molar-refractivity contribution in [3.8, 4) is 12.3 Å². The zero-order chi connectivity index (χ0) is 14.8. The number of hydrogen-bond acceptors (Lipinski definition) is 2. The Morgan fingerprint density at radius 2 is 2.10 bits per heavy atom. The molecule has 0 fully saturated rings. The molecule has 2 rings (SSSR count). The summed E-state index contributed by atoms with van der Waals surface area (Å²) in [4.78, 5) is 4.00. The number of aromatic nitrogens is 1. The molecule has 0 radical (unpaired) electrons. The number of rotatable bonds is 3. The fourth-order valence-corrected chi connectivity index (χ4v) is 2.70. The minimum absolute atomic E-state index is 0.401. The Balaban J connectivity index is 2.49. The summed E-state index contributed by atoms with van der Waals surface area (Å²) in [6.45, 7) is 1.82. The van der Waals surface area contributed by atoms with Gasteiger partial charge in [-0.3, -0.25) is 4.98 Å². The van der Waals surface area contributed by atoms with E-state index in [1.54, 1.807) is 42.7 Å². The number of halogens is 2. The van der Waals surface area contributed by atoms with Crippen molar-refractivity contribution < 1.29 is 5.11 Å². The molecule has 1 N–H and O–H groups in total. The van der Waals surface area contributed by atoms with Crippen LogP contribution >= 0.6 is 23.2 Å². The molecule has 1 aromatic carbocycles. The highest BCUT2D eigenvalue weighted by molar-refractivity contribution is 6.35. The number of terminal acetylenes is 1. The molecule has 1 heterocycles. The number of hydrogen-bond donors (Lipinski definition) is 1. The third kappa shape index (κ3) is 2.66. The Morgan fingerprint density at radius 1 is 1.35 bits per heavy atom. The molecule has 0 saturated carbocycles. The zero-order valence-corrected chi connectivity index (χ0v) is 12.4. The molecule has 2 nitrogen and oxygen atoms in total. The Labute approximate surface area is 128 Å². The topological polar surface area (TPSA) is 33.1 Å². The molecule has 4 heteroatoms. The van der Waals surface area contributed by atoms with Crippen LogP contribution in [0.3, 0.4) is 0 Å². The highest BCUT2D eigenvalue weighted by Crippen LogP contribution is 2.39. The molecule has 102 valence electrons.